The van der Waals surface area contributed by atoms with Gasteiger partial charge in [-0.25, -0.2) is 8.42 Å². The van der Waals surface area contributed by atoms with Crippen LogP contribution >= 0.6 is 0 Å². The number of nitrogens with one attached hydrogen (secondary N) is 1. The number of hydrogen-bond acceptors (Lipinski definition) is 3. The highest BCUT2D eigenvalue weighted by atomic mass is 32.2. The molecule has 0 aliphatic rings. The summed E-state index contributed by atoms with van der Waals surface area (Å²) in [6.07, 6.45) is 0. The third kappa shape index (κ3) is 5.33. The SMILES string of the molecule is CCS(=O)(=O)CCNC(C)c1ccc(C(C)C)cc1. The first-order valence-electron chi connectivity index (χ1n) is 6.89. The summed E-state index contributed by atoms with van der Waals surface area (Å²) in [5, 5.41) is 3.26. The molecule has 1 atom stereocenters. The summed E-state index contributed by atoms with van der Waals surface area (Å²) in [5.41, 5.74) is 2.52. The van der Waals surface area contributed by atoms with Gasteiger partial charge >= 0.3 is 0 Å². The molecule has 0 amide bonds. The van der Waals surface area contributed by atoms with Gasteiger partial charge in [0.1, 0.15) is 0 Å². The van der Waals surface area contributed by atoms with E-state index in [2.05, 4.69) is 50.4 Å². The smallest absolute Gasteiger partial charge is 0.151 e. The van der Waals surface area contributed by atoms with Crippen LogP contribution in [-0.4, -0.2) is 26.5 Å². The van der Waals surface area contributed by atoms with Gasteiger partial charge in [-0.1, -0.05) is 45.0 Å². The molecule has 1 aromatic rings. The van der Waals surface area contributed by atoms with Gasteiger partial charge in [-0.15, -0.1) is 0 Å². The second kappa shape index (κ2) is 7.06. The number of rotatable bonds is 7. The Kier molecular flexibility index (Phi) is 6.01. The molecular formula is C15H25NO2S. The maximum absolute atomic E-state index is 11.4. The maximum Gasteiger partial charge on any atom is 0.151 e. The van der Waals surface area contributed by atoms with Crippen molar-refractivity contribution in [3.8, 4) is 0 Å². The van der Waals surface area contributed by atoms with E-state index in [0.29, 0.717) is 12.5 Å². The molecule has 0 aliphatic carbocycles. The number of hydrogen-bond donors (Lipinski definition) is 1. The van der Waals surface area contributed by atoms with Crippen LogP contribution in [0.5, 0.6) is 0 Å². The van der Waals surface area contributed by atoms with Gasteiger partial charge in [0.2, 0.25) is 0 Å². The first kappa shape index (κ1) is 16.2. The Labute approximate surface area is 117 Å². The minimum atomic E-state index is -2.88. The van der Waals surface area contributed by atoms with E-state index in [0.717, 1.165) is 0 Å². The topological polar surface area (TPSA) is 46.2 Å². The highest BCUT2D eigenvalue weighted by molar-refractivity contribution is 7.91. The molecule has 0 radical (unpaired) electrons. The fourth-order valence-corrected chi connectivity index (χ4v) is 2.58. The highest BCUT2D eigenvalue weighted by Gasteiger charge is 2.09. The van der Waals surface area contributed by atoms with Crippen molar-refractivity contribution in [3.05, 3.63) is 35.4 Å². The first-order chi connectivity index (χ1) is 8.85. The molecule has 0 bridgehead atoms. The Morgan fingerprint density at radius 3 is 2.05 bits per heavy atom. The average molecular weight is 283 g/mol. The van der Waals surface area contributed by atoms with Crippen LogP contribution in [0.4, 0.5) is 0 Å². The molecule has 1 unspecified atom stereocenters. The van der Waals surface area contributed by atoms with E-state index in [-0.39, 0.29) is 17.5 Å². The standard InChI is InChI=1S/C15H25NO2S/c1-5-19(17,18)11-10-16-13(4)15-8-6-14(7-9-15)12(2)3/h6-9,12-13,16H,5,10-11H2,1-4H3. The Bertz CT molecular complexity index is 477. The Morgan fingerprint density at radius 2 is 1.58 bits per heavy atom. The first-order valence-corrected chi connectivity index (χ1v) is 8.71. The maximum atomic E-state index is 11.4. The fraction of sp³-hybridized carbons (Fsp3) is 0.600. The Morgan fingerprint density at radius 1 is 1.05 bits per heavy atom. The van der Waals surface area contributed by atoms with Crippen molar-refractivity contribution in [2.45, 2.75) is 39.7 Å². The molecule has 0 saturated heterocycles. The van der Waals surface area contributed by atoms with Crippen LogP contribution in [0.15, 0.2) is 24.3 Å². The summed E-state index contributed by atoms with van der Waals surface area (Å²) in [6, 6.07) is 8.68. The lowest BCUT2D eigenvalue weighted by molar-refractivity contribution is 0.573. The van der Waals surface area contributed by atoms with Gasteiger partial charge in [0, 0.05) is 18.3 Å². The second-order valence-electron chi connectivity index (χ2n) is 5.23. The molecule has 108 valence electrons. The minimum absolute atomic E-state index is 0.174. The van der Waals surface area contributed by atoms with E-state index in [4.69, 9.17) is 0 Å². The predicted octanol–water partition coefficient (Wildman–Crippen LogP) is 2.90. The van der Waals surface area contributed by atoms with Gasteiger partial charge in [0.05, 0.1) is 5.75 Å². The summed E-state index contributed by atoms with van der Waals surface area (Å²) in [7, 11) is -2.88. The summed E-state index contributed by atoms with van der Waals surface area (Å²) in [4.78, 5) is 0. The zero-order chi connectivity index (χ0) is 14.5. The molecule has 0 aliphatic heterocycles. The van der Waals surface area contributed by atoms with Gasteiger partial charge in [-0.2, -0.15) is 0 Å². The molecule has 0 saturated carbocycles. The van der Waals surface area contributed by atoms with Crippen LogP contribution in [0.3, 0.4) is 0 Å². The molecule has 4 heteroatoms. The largest absolute Gasteiger partial charge is 0.309 e. The molecule has 1 N–H and O–H groups in total. The van der Waals surface area contributed by atoms with Gasteiger partial charge in [0.25, 0.3) is 0 Å². The third-order valence-electron chi connectivity index (χ3n) is 3.41. The van der Waals surface area contributed by atoms with Crippen LogP contribution in [-0.2, 0) is 9.84 Å². The van der Waals surface area contributed by atoms with E-state index >= 15 is 0 Å². The van der Waals surface area contributed by atoms with Crippen LogP contribution in [0.2, 0.25) is 0 Å². The molecule has 0 fully saturated rings. The van der Waals surface area contributed by atoms with Crippen molar-refractivity contribution in [2.75, 3.05) is 18.1 Å². The second-order valence-corrected chi connectivity index (χ2v) is 7.71. The Balaban J connectivity index is 2.52. The van der Waals surface area contributed by atoms with Crippen molar-refractivity contribution in [2.24, 2.45) is 0 Å². The molecule has 0 spiro atoms. The molecule has 1 rings (SSSR count). The summed E-state index contributed by atoms with van der Waals surface area (Å²) in [6.45, 7) is 8.59. The Hall–Kier alpha value is -0.870. The van der Waals surface area contributed by atoms with Crippen molar-refractivity contribution < 1.29 is 8.42 Å². The lowest BCUT2D eigenvalue weighted by Crippen LogP contribution is -2.26. The number of sulfone groups is 1. The lowest BCUT2D eigenvalue weighted by atomic mass is 10.00. The molecule has 3 nitrogen and oxygen atoms in total. The van der Waals surface area contributed by atoms with Gasteiger partial charge in [-0.05, 0) is 24.0 Å². The zero-order valence-electron chi connectivity index (χ0n) is 12.3. The lowest BCUT2D eigenvalue weighted by Gasteiger charge is -2.15. The fourth-order valence-electron chi connectivity index (χ4n) is 1.86. The third-order valence-corrected chi connectivity index (χ3v) is 5.11. The van der Waals surface area contributed by atoms with Crippen LogP contribution in [0.25, 0.3) is 0 Å². The van der Waals surface area contributed by atoms with Gasteiger partial charge in [0.15, 0.2) is 9.84 Å². The van der Waals surface area contributed by atoms with E-state index in [9.17, 15) is 8.42 Å². The van der Waals surface area contributed by atoms with Gasteiger partial charge in [-0.3, -0.25) is 0 Å². The van der Waals surface area contributed by atoms with Crippen molar-refractivity contribution in [1.29, 1.82) is 0 Å². The van der Waals surface area contributed by atoms with Crippen molar-refractivity contribution in [1.82, 2.24) is 5.32 Å². The van der Waals surface area contributed by atoms with Crippen LogP contribution in [0.1, 0.15) is 50.8 Å². The van der Waals surface area contributed by atoms with Crippen molar-refractivity contribution >= 4 is 9.84 Å². The predicted molar refractivity (Wildman–Crippen MR) is 81.3 cm³/mol. The van der Waals surface area contributed by atoms with E-state index in [1.807, 2.05) is 0 Å². The molecule has 19 heavy (non-hydrogen) atoms. The minimum Gasteiger partial charge on any atom is -0.309 e. The van der Waals surface area contributed by atoms with E-state index in [1.165, 1.54) is 11.1 Å². The highest BCUT2D eigenvalue weighted by Crippen LogP contribution is 2.18. The van der Waals surface area contributed by atoms with E-state index in [1.54, 1.807) is 6.92 Å². The molecular weight excluding hydrogens is 258 g/mol. The van der Waals surface area contributed by atoms with Crippen molar-refractivity contribution in [3.63, 3.8) is 0 Å². The normalized spacial score (nSPS) is 13.7. The molecule has 0 aromatic heterocycles. The molecule has 1 aromatic carbocycles. The van der Waals surface area contributed by atoms with E-state index < -0.39 is 9.84 Å². The quantitative estimate of drug-likeness (QED) is 0.837. The average Bonchev–Trinajstić information content (AvgIpc) is 2.38. The summed E-state index contributed by atoms with van der Waals surface area (Å²) in [5.74, 6) is 0.955. The monoisotopic (exact) mass is 283 g/mol. The van der Waals surface area contributed by atoms with Gasteiger partial charge < -0.3 is 5.32 Å². The summed E-state index contributed by atoms with van der Waals surface area (Å²) >= 11 is 0. The number of benzene rings is 1. The summed E-state index contributed by atoms with van der Waals surface area (Å²) < 4.78 is 22.8. The molecule has 0 heterocycles. The zero-order valence-corrected chi connectivity index (χ0v) is 13.1. The van der Waals surface area contributed by atoms with Crippen LogP contribution < -0.4 is 5.32 Å². The van der Waals surface area contributed by atoms with Crippen LogP contribution in [0, 0.1) is 0 Å².